The van der Waals surface area contributed by atoms with E-state index < -0.39 is 5.97 Å². The van der Waals surface area contributed by atoms with Gasteiger partial charge in [-0.1, -0.05) is 0 Å². The second kappa shape index (κ2) is 4.93. The Kier molecular flexibility index (Phi) is 3.85. The highest BCUT2D eigenvalue weighted by atomic mass is 16.6. The fourth-order valence-electron chi connectivity index (χ4n) is 1.23. The zero-order valence-electron chi connectivity index (χ0n) is 9.53. The molecular formula is C10H16N2O3. The molecule has 0 atom stereocenters. The number of aromatic nitrogens is 2. The van der Waals surface area contributed by atoms with Crippen molar-refractivity contribution in [1.29, 1.82) is 0 Å². The lowest BCUT2D eigenvalue weighted by Gasteiger charge is -2.04. The van der Waals surface area contributed by atoms with E-state index in [1.807, 2.05) is 20.9 Å². The predicted molar refractivity (Wildman–Crippen MR) is 54.8 cm³/mol. The molecule has 1 heterocycles. The molecule has 15 heavy (non-hydrogen) atoms. The van der Waals surface area contributed by atoms with Crippen LogP contribution in [0, 0.1) is 13.8 Å². The Morgan fingerprint density at radius 2 is 2.13 bits per heavy atom. The number of rotatable bonds is 4. The summed E-state index contributed by atoms with van der Waals surface area (Å²) in [6, 6.07) is 0. The lowest BCUT2D eigenvalue weighted by molar-refractivity contribution is -0.139. The van der Waals surface area contributed by atoms with Crippen LogP contribution in [-0.2, 0) is 16.6 Å². The number of hydrogen-bond donors (Lipinski definition) is 0. The van der Waals surface area contributed by atoms with Crippen LogP contribution in [0.3, 0.4) is 0 Å². The van der Waals surface area contributed by atoms with Crippen molar-refractivity contribution in [2.24, 2.45) is 7.05 Å². The van der Waals surface area contributed by atoms with E-state index in [1.165, 1.54) is 0 Å². The first-order valence-electron chi connectivity index (χ1n) is 4.84. The minimum Gasteiger partial charge on any atom is -0.421 e. The normalized spacial score (nSPS) is 10.4. The van der Waals surface area contributed by atoms with Crippen molar-refractivity contribution < 1.29 is 14.3 Å². The highest BCUT2D eigenvalue weighted by Gasteiger charge is 2.14. The maximum atomic E-state index is 11.3. The molecule has 1 aromatic heterocycles. The van der Waals surface area contributed by atoms with Crippen molar-refractivity contribution in [2.45, 2.75) is 20.8 Å². The summed E-state index contributed by atoms with van der Waals surface area (Å²) in [4.78, 5) is 11.3. The molecule has 84 valence electrons. The molecule has 0 unspecified atom stereocenters. The molecule has 0 radical (unpaired) electrons. The maximum absolute atomic E-state index is 11.3. The molecule has 0 saturated carbocycles. The van der Waals surface area contributed by atoms with E-state index in [1.54, 1.807) is 11.6 Å². The van der Waals surface area contributed by atoms with Gasteiger partial charge in [-0.2, -0.15) is 5.10 Å². The second-order valence-corrected chi connectivity index (χ2v) is 3.23. The minimum atomic E-state index is -0.393. The van der Waals surface area contributed by atoms with Crippen molar-refractivity contribution in [1.82, 2.24) is 9.78 Å². The van der Waals surface area contributed by atoms with Crippen LogP contribution in [0.15, 0.2) is 0 Å². The maximum Gasteiger partial charge on any atom is 0.337 e. The van der Waals surface area contributed by atoms with E-state index in [0.717, 1.165) is 5.69 Å². The number of carbonyl (C=O) groups is 1. The van der Waals surface area contributed by atoms with Gasteiger partial charge in [0.05, 0.1) is 5.69 Å². The smallest absolute Gasteiger partial charge is 0.337 e. The molecule has 0 fully saturated rings. The minimum absolute atomic E-state index is 0.0235. The first-order chi connectivity index (χ1) is 7.06. The number of nitrogens with zero attached hydrogens (tertiary/aromatic N) is 2. The largest absolute Gasteiger partial charge is 0.421 e. The van der Waals surface area contributed by atoms with Gasteiger partial charge < -0.3 is 9.47 Å². The molecule has 0 aliphatic carbocycles. The highest BCUT2D eigenvalue weighted by molar-refractivity contribution is 5.74. The fraction of sp³-hybridized carbons (Fsp3) is 0.600. The standard InChI is InChI=1S/C10H16N2O3/c1-5-14-6-9(13)15-10-7(2)11-12(4)8(10)3/h5-6H2,1-4H3. The average molecular weight is 212 g/mol. The number of aryl methyl sites for hydroxylation is 2. The Morgan fingerprint density at radius 3 is 2.60 bits per heavy atom. The Labute approximate surface area is 89.0 Å². The summed E-state index contributed by atoms with van der Waals surface area (Å²) in [5.74, 6) is 0.137. The second-order valence-electron chi connectivity index (χ2n) is 3.23. The van der Waals surface area contributed by atoms with Crippen LogP contribution in [0.5, 0.6) is 5.75 Å². The number of hydrogen-bond acceptors (Lipinski definition) is 4. The molecule has 0 spiro atoms. The van der Waals surface area contributed by atoms with Gasteiger partial charge >= 0.3 is 5.97 Å². The van der Waals surface area contributed by atoms with Crippen LogP contribution in [0.25, 0.3) is 0 Å². The summed E-state index contributed by atoms with van der Waals surface area (Å²) in [5.41, 5.74) is 1.54. The molecular weight excluding hydrogens is 196 g/mol. The van der Waals surface area contributed by atoms with E-state index >= 15 is 0 Å². The van der Waals surface area contributed by atoms with Crippen LogP contribution in [0.1, 0.15) is 18.3 Å². The average Bonchev–Trinajstić information content (AvgIpc) is 2.42. The zero-order chi connectivity index (χ0) is 11.4. The topological polar surface area (TPSA) is 53.4 Å². The molecule has 0 saturated heterocycles. The van der Waals surface area contributed by atoms with Gasteiger partial charge in [0, 0.05) is 13.7 Å². The molecule has 0 aliphatic heterocycles. The number of esters is 1. The van der Waals surface area contributed by atoms with Crippen LogP contribution < -0.4 is 4.74 Å². The first kappa shape index (κ1) is 11.7. The van der Waals surface area contributed by atoms with Gasteiger partial charge in [-0.05, 0) is 20.8 Å². The molecule has 5 heteroatoms. The van der Waals surface area contributed by atoms with Crippen LogP contribution in [-0.4, -0.2) is 29.0 Å². The van der Waals surface area contributed by atoms with E-state index in [2.05, 4.69) is 5.10 Å². The summed E-state index contributed by atoms with van der Waals surface area (Å²) in [6.45, 7) is 5.96. The zero-order valence-corrected chi connectivity index (χ0v) is 9.53. The third-order valence-electron chi connectivity index (χ3n) is 2.08. The summed E-state index contributed by atoms with van der Waals surface area (Å²) in [5, 5.41) is 4.14. The molecule has 0 aliphatic rings. The van der Waals surface area contributed by atoms with Crippen molar-refractivity contribution in [3.8, 4) is 5.75 Å². The lowest BCUT2D eigenvalue weighted by atomic mass is 10.3. The van der Waals surface area contributed by atoms with E-state index in [0.29, 0.717) is 18.1 Å². The highest BCUT2D eigenvalue weighted by Crippen LogP contribution is 2.21. The molecule has 1 aromatic rings. The SMILES string of the molecule is CCOCC(=O)Oc1c(C)nn(C)c1C. The molecule has 0 bridgehead atoms. The fourth-order valence-corrected chi connectivity index (χ4v) is 1.23. The third-order valence-corrected chi connectivity index (χ3v) is 2.08. The molecule has 1 rings (SSSR count). The van der Waals surface area contributed by atoms with Gasteiger partial charge in [0.2, 0.25) is 0 Å². The van der Waals surface area contributed by atoms with E-state index in [-0.39, 0.29) is 6.61 Å². The van der Waals surface area contributed by atoms with Crippen molar-refractivity contribution in [3.63, 3.8) is 0 Å². The molecule has 0 amide bonds. The Bertz CT molecular complexity index is 358. The van der Waals surface area contributed by atoms with Crippen molar-refractivity contribution in [3.05, 3.63) is 11.4 Å². The Balaban J connectivity index is 2.68. The number of ether oxygens (including phenoxy) is 2. The van der Waals surface area contributed by atoms with E-state index in [4.69, 9.17) is 9.47 Å². The van der Waals surface area contributed by atoms with Crippen LogP contribution in [0.2, 0.25) is 0 Å². The van der Waals surface area contributed by atoms with Gasteiger partial charge in [0.25, 0.3) is 0 Å². The van der Waals surface area contributed by atoms with E-state index in [9.17, 15) is 4.79 Å². The van der Waals surface area contributed by atoms with Gasteiger partial charge in [-0.25, -0.2) is 4.79 Å². The molecule has 5 nitrogen and oxygen atoms in total. The first-order valence-corrected chi connectivity index (χ1v) is 4.84. The monoisotopic (exact) mass is 212 g/mol. The lowest BCUT2D eigenvalue weighted by Crippen LogP contribution is -2.16. The summed E-state index contributed by atoms with van der Waals surface area (Å²) in [6.07, 6.45) is 0. The Hall–Kier alpha value is -1.36. The summed E-state index contributed by atoms with van der Waals surface area (Å²) < 4.78 is 11.8. The Morgan fingerprint density at radius 1 is 1.47 bits per heavy atom. The predicted octanol–water partition coefficient (Wildman–Crippen LogP) is 0.979. The quantitative estimate of drug-likeness (QED) is 0.698. The van der Waals surface area contributed by atoms with Gasteiger partial charge in [-0.15, -0.1) is 0 Å². The van der Waals surface area contributed by atoms with Gasteiger partial charge in [0.1, 0.15) is 12.3 Å². The molecule has 0 aromatic carbocycles. The van der Waals surface area contributed by atoms with Crippen LogP contribution >= 0.6 is 0 Å². The van der Waals surface area contributed by atoms with Gasteiger partial charge in [0.15, 0.2) is 5.75 Å². The van der Waals surface area contributed by atoms with Crippen molar-refractivity contribution >= 4 is 5.97 Å². The van der Waals surface area contributed by atoms with Crippen LogP contribution in [0.4, 0.5) is 0 Å². The summed E-state index contributed by atoms with van der Waals surface area (Å²) >= 11 is 0. The number of carbonyl (C=O) groups excluding carboxylic acids is 1. The van der Waals surface area contributed by atoms with Crippen molar-refractivity contribution in [2.75, 3.05) is 13.2 Å². The van der Waals surface area contributed by atoms with Gasteiger partial charge in [-0.3, -0.25) is 4.68 Å². The molecule has 0 N–H and O–H groups in total. The third kappa shape index (κ3) is 2.79. The summed E-state index contributed by atoms with van der Waals surface area (Å²) in [7, 11) is 1.81.